The molecule has 122 valence electrons. The first-order valence-corrected chi connectivity index (χ1v) is 9.18. The van der Waals surface area contributed by atoms with Crippen molar-refractivity contribution in [3.8, 4) is 0 Å². The fourth-order valence-electron chi connectivity index (χ4n) is 3.15. The molecule has 1 fully saturated rings. The molecule has 4 rings (SSSR count). The van der Waals surface area contributed by atoms with Crippen molar-refractivity contribution in [3.63, 3.8) is 0 Å². The summed E-state index contributed by atoms with van der Waals surface area (Å²) in [6.07, 6.45) is 1.90. The van der Waals surface area contributed by atoms with Gasteiger partial charge < -0.3 is 10.2 Å². The number of pyridine rings is 1. The van der Waals surface area contributed by atoms with E-state index in [0.717, 1.165) is 42.8 Å². The van der Waals surface area contributed by atoms with Crippen LogP contribution in [0.5, 0.6) is 0 Å². The Morgan fingerprint density at radius 3 is 2.75 bits per heavy atom. The van der Waals surface area contributed by atoms with Crippen LogP contribution in [0.3, 0.4) is 0 Å². The Balaban J connectivity index is 1.39. The van der Waals surface area contributed by atoms with E-state index in [-0.39, 0.29) is 11.9 Å². The molecule has 3 heterocycles. The Morgan fingerprint density at radius 1 is 1.12 bits per heavy atom. The SMILES string of the molecule is O=C(NC1CCN(c2ccc3ccccc3n2)CC1)c1ccsc1. The number of piperidine rings is 1. The van der Waals surface area contributed by atoms with Crippen molar-refractivity contribution in [2.45, 2.75) is 18.9 Å². The van der Waals surface area contributed by atoms with Gasteiger partial charge in [-0.2, -0.15) is 11.3 Å². The normalized spacial score (nSPS) is 15.6. The van der Waals surface area contributed by atoms with Crippen LogP contribution in [0, 0.1) is 0 Å². The second-order valence-corrected chi connectivity index (χ2v) is 6.89. The summed E-state index contributed by atoms with van der Waals surface area (Å²) in [4.78, 5) is 19.2. The third-order valence-electron chi connectivity index (χ3n) is 4.52. The number of para-hydroxylation sites is 1. The van der Waals surface area contributed by atoms with Crippen molar-refractivity contribution in [3.05, 3.63) is 58.8 Å². The number of amides is 1. The van der Waals surface area contributed by atoms with Crippen molar-refractivity contribution < 1.29 is 4.79 Å². The first kappa shape index (κ1) is 15.1. The molecule has 0 aliphatic carbocycles. The lowest BCUT2D eigenvalue weighted by molar-refractivity contribution is 0.0931. The highest BCUT2D eigenvalue weighted by atomic mass is 32.1. The van der Waals surface area contributed by atoms with Gasteiger partial charge in [0.2, 0.25) is 0 Å². The summed E-state index contributed by atoms with van der Waals surface area (Å²) in [7, 11) is 0. The smallest absolute Gasteiger partial charge is 0.252 e. The van der Waals surface area contributed by atoms with Crippen LogP contribution in [-0.4, -0.2) is 30.0 Å². The van der Waals surface area contributed by atoms with Crippen molar-refractivity contribution in [2.75, 3.05) is 18.0 Å². The quantitative estimate of drug-likeness (QED) is 0.793. The van der Waals surface area contributed by atoms with Crippen LogP contribution in [0.25, 0.3) is 10.9 Å². The van der Waals surface area contributed by atoms with E-state index in [0.29, 0.717) is 0 Å². The maximum atomic E-state index is 12.1. The van der Waals surface area contributed by atoms with E-state index in [1.165, 1.54) is 5.39 Å². The minimum absolute atomic E-state index is 0.0403. The fraction of sp³-hybridized carbons (Fsp3) is 0.263. The molecule has 0 unspecified atom stereocenters. The van der Waals surface area contributed by atoms with Crippen molar-refractivity contribution in [1.29, 1.82) is 0 Å². The number of nitrogens with one attached hydrogen (secondary N) is 1. The average Bonchev–Trinajstić information content (AvgIpc) is 3.17. The highest BCUT2D eigenvalue weighted by Crippen LogP contribution is 2.21. The lowest BCUT2D eigenvalue weighted by atomic mass is 10.0. The molecule has 2 aromatic heterocycles. The lowest BCUT2D eigenvalue weighted by Crippen LogP contribution is -2.44. The Kier molecular flexibility index (Phi) is 4.17. The number of nitrogens with zero attached hydrogens (tertiary/aromatic N) is 2. The highest BCUT2D eigenvalue weighted by molar-refractivity contribution is 7.08. The molecule has 0 bridgehead atoms. The number of rotatable bonds is 3. The van der Waals surface area contributed by atoms with Gasteiger partial charge >= 0.3 is 0 Å². The minimum Gasteiger partial charge on any atom is -0.356 e. The van der Waals surface area contributed by atoms with Gasteiger partial charge in [-0.15, -0.1) is 0 Å². The first-order valence-electron chi connectivity index (χ1n) is 8.23. The van der Waals surface area contributed by atoms with Gasteiger partial charge in [0.15, 0.2) is 0 Å². The van der Waals surface area contributed by atoms with Crippen molar-refractivity contribution in [1.82, 2.24) is 10.3 Å². The lowest BCUT2D eigenvalue weighted by Gasteiger charge is -2.33. The van der Waals surface area contributed by atoms with E-state index >= 15 is 0 Å². The van der Waals surface area contributed by atoms with Crippen molar-refractivity contribution in [2.24, 2.45) is 0 Å². The van der Waals surface area contributed by atoms with Crippen LogP contribution >= 0.6 is 11.3 Å². The molecule has 5 heteroatoms. The Morgan fingerprint density at radius 2 is 1.96 bits per heavy atom. The van der Waals surface area contributed by atoms with Gasteiger partial charge in [0.1, 0.15) is 5.82 Å². The highest BCUT2D eigenvalue weighted by Gasteiger charge is 2.22. The summed E-state index contributed by atoms with van der Waals surface area (Å²) in [6, 6.07) is 14.5. The van der Waals surface area contributed by atoms with E-state index in [9.17, 15) is 4.79 Å². The fourth-order valence-corrected chi connectivity index (χ4v) is 3.78. The molecular formula is C19H19N3OS. The van der Waals surface area contributed by atoms with E-state index in [1.54, 1.807) is 11.3 Å². The standard InChI is InChI=1S/C19H19N3OS/c23-19(15-9-12-24-13-15)20-16-7-10-22(11-8-16)18-6-5-14-3-1-2-4-17(14)21-18/h1-6,9,12-13,16H,7-8,10-11H2,(H,20,23). The predicted molar refractivity (Wildman–Crippen MR) is 98.8 cm³/mol. The maximum Gasteiger partial charge on any atom is 0.252 e. The molecule has 0 spiro atoms. The van der Waals surface area contributed by atoms with Gasteiger partial charge in [0, 0.05) is 35.5 Å². The summed E-state index contributed by atoms with van der Waals surface area (Å²) >= 11 is 1.55. The zero-order valence-electron chi connectivity index (χ0n) is 13.3. The molecule has 0 atom stereocenters. The molecule has 3 aromatic rings. The van der Waals surface area contributed by atoms with Gasteiger partial charge in [-0.1, -0.05) is 18.2 Å². The summed E-state index contributed by atoms with van der Waals surface area (Å²) in [5.41, 5.74) is 1.79. The predicted octanol–water partition coefficient (Wildman–Crippen LogP) is 3.70. The molecule has 24 heavy (non-hydrogen) atoms. The molecular weight excluding hydrogens is 318 g/mol. The van der Waals surface area contributed by atoms with Gasteiger partial charge in [-0.3, -0.25) is 4.79 Å². The van der Waals surface area contributed by atoms with Crippen molar-refractivity contribution >= 4 is 34.0 Å². The maximum absolute atomic E-state index is 12.1. The van der Waals surface area contributed by atoms with Crippen LogP contribution < -0.4 is 10.2 Å². The molecule has 1 saturated heterocycles. The summed E-state index contributed by atoms with van der Waals surface area (Å²) < 4.78 is 0. The number of benzene rings is 1. The van der Waals surface area contributed by atoms with E-state index in [4.69, 9.17) is 4.98 Å². The zero-order valence-corrected chi connectivity index (χ0v) is 14.1. The van der Waals surface area contributed by atoms with E-state index < -0.39 is 0 Å². The van der Waals surface area contributed by atoms with E-state index in [2.05, 4.69) is 28.4 Å². The number of anilines is 1. The number of aromatic nitrogens is 1. The molecule has 1 aliphatic heterocycles. The molecule has 0 saturated carbocycles. The Hall–Kier alpha value is -2.40. The molecule has 1 aromatic carbocycles. The molecule has 4 nitrogen and oxygen atoms in total. The van der Waals surface area contributed by atoms with Crippen LogP contribution in [-0.2, 0) is 0 Å². The average molecular weight is 337 g/mol. The Bertz CT molecular complexity index is 839. The van der Waals surface area contributed by atoms with Gasteiger partial charge in [0.25, 0.3) is 5.91 Å². The zero-order chi connectivity index (χ0) is 16.4. The summed E-state index contributed by atoms with van der Waals surface area (Å²) in [6.45, 7) is 1.83. The van der Waals surface area contributed by atoms with Crippen LogP contribution in [0.15, 0.2) is 53.2 Å². The topological polar surface area (TPSA) is 45.2 Å². The number of thiophene rings is 1. The molecule has 1 N–H and O–H groups in total. The third kappa shape index (κ3) is 3.12. The first-order chi connectivity index (χ1) is 11.8. The molecule has 1 aliphatic rings. The monoisotopic (exact) mass is 337 g/mol. The number of carbonyl (C=O) groups is 1. The number of hydrogen-bond acceptors (Lipinski definition) is 4. The second kappa shape index (κ2) is 6.61. The van der Waals surface area contributed by atoms with Gasteiger partial charge in [0.05, 0.1) is 5.52 Å². The van der Waals surface area contributed by atoms with Gasteiger partial charge in [-0.05, 0) is 42.5 Å². The van der Waals surface area contributed by atoms with Crippen LogP contribution in [0.1, 0.15) is 23.2 Å². The number of carbonyl (C=O) groups excluding carboxylic acids is 1. The van der Waals surface area contributed by atoms with Gasteiger partial charge in [-0.25, -0.2) is 4.98 Å². The molecule has 0 radical (unpaired) electrons. The van der Waals surface area contributed by atoms with E-state index in [1.807, 2.05) is 35.0 Å². The molecule has 1 amide bonds. The summed E-state index contributed by atoms with van der Waals surface area (Å²) in [5.74, 6) is 1.06. The Labute approximate surface area is 145 Å². The van der Waals surface area contributed by atoms with Crippen LogP contribution in [0.4, 0.5) is 5.82 Å². The summed E-state index contributed by atoms with van der Waals surface area (Å²) in [5, 5.41) is 8.14. The van der Waals surface area contributed by atoms with Crippen LogP contribution in [0.2, 0.25) is 0 Å². The third-order valence-corrected chi connectivity index (χ3v) is 5.20. The second-order valence-electron chi connectivity index (χ2n) is 6.11. The minimum atomic E-state index is 0.0403. The largest absolute Gasteiger partial charge is 0.356 e. The number of fused-ring (bicyclic) bond motifs is 1. The number of hydrogen-bond donors (Lipinski definition) is 1.